The molecule has 1 heterocycles. The number of ether oxygens (including phenoxy) is 1. The Morgan fingerprint density at radius 1 is 1.55 bits per heavy atom. The van der Waals surface area contributed by atoms with Crippen LogP contribution in [0.25, 0.3) is 0 Å². The lowest BCUT2D eigenvalue weighted by atomic mass is 10.3. The molecule has 1 aliphatic heterocycles. The van der Waals surface area contributed by atoms with Crippen molar-refractivity contribution in [3.63, 3.8) is 0 Å². The highest BCUT2D eigenvalue weighted by atomic mass is 32.2. The fraction of sp³-hybridized carbons (Fsp3) is 0.500. The first-order valence-corrected chi connectivity index (χ1v) is 7.71. The summed E-state index contributed by atoms with van der Waals surface area (Å²) >= 11 is 0. The Hall–Kier alpha value is -1.22. The minimum Gasteiger partial charge on any atom is -0.396 e. The average Bonchev–Trinajstić information content (AvgIpc) is 2.40. The Kier molecular flexibility index (Phi) is 4.59. The quantitative estimate of drug-likeness (QED) is 0.766. The van der Waals surface area contributed by atoms with Gasteiger partial charge in [0.15, 0.2) is 0 Å². The zero-order valence-corrected chi connectivity index (χ0v) is 12.0. The molecule has 0 spiro atoms. The smallest absolute Gasteiger partial charge is 0.240 e. The Balaban J connectivity index is 2.01. The molecule has 1 unspecified atom stereocenters. The monoisotopic (exact) mass is 303 g/mol. The number of benzene rings is 1. The largest absolute Gasteiger partial charge is 0.396 e. The molecule has 6 nitrogen and oxygen atoms in total. The van der Waals surface area contributed by atoms with Gasteiger partial charge in [0, 0.05) is 19.6 Å². The Morgan fingerprint density at radius 2 is 2.30 bits per heavy atom. The SMILES string of the molecule is CN1CCOC(CNS(=O)(=O)c2ccc(N)c(F)c2)C1. The first-order valence-electron chi connectivity index (χ1n) is 6.23. The fourth-order valence-corrected chi connectivity index (χ4v) is 3.03. The predicted molar refractivity (Wildman–Crippen MR) is 73.2 cm³/mol. The van der Waals surface area contributed by atoms with Crippen LogP contribution in [-0.4, -0.2) is 52.7 Å². The van der Waals surface area contributed by atoms with Crippen molar-refractivity contribution < 1.29 is 17.5 Å². The molecule has 0 aliphatic carbocycles. The molecule has 1 aromatic rings. The third-order valence-corrected chi connectivity index (χ3v) is 4.55. The minimum absolute atomic E-state index is 0.0822. The molecule has 1 saturated heterocycles. The van der Waals surface area contributed by atoms with E-state index in [0.29, 0.717) is 13.2 Å². The summed E-state index contributed by atoms with van der Waals surface area (Å²) in [7, 11) is -1.82. The summed E-state index contributed by atoms with van der Waals surface area (Å²) < 4.78 is 45.3. The van der Waals surface area contributed by atoms with E-state index < -0.39 is 15.8 Å². The van der Waals surface area contributed by atoms with E-state index in [1.54, 1.807) is 0 Å². The van der Waals surface area contributed by atoms with Crippen LogP contribution in [-0.2, 0) is 14.8 Å². The van der Waals surface area contributed by atoms with E-state index in [1.807, 2.05) is 7.05 Å². The Morgan fingerprint density at radius 3 is 2.95 bits per heavy atom. The highest BCUT2D eigenvalue weighted by Gasteiger charge is 2.21. The molecule has 2 rings (SSSR count). The summed E-state index contributed by atoms with van der Waals surface area (Å²) in [6.07, 6.45) is -0.206. The zero-order chi connectivity index (χ0) is 14.8. The maximum absolute atomic E-state index is 13.3. The summed E-state index contributed by atoms with van der Waals surface area (Å²) in [6, 6.07) is 3.41. The van der Waals surface area contributed by atoms with Gasteiger partial charge in [-0.15, -0.1) is 0 Å². The molecule has 1 aromatic carbocycles. The molecule has 0 saturated carbocycles. The van der Waals surface area contributed by atoms with Crippen molar-refractivity contribution in [1.29, 1.82) is 0 Å². The van der Waals surface area contributed by atoms with Gasteiger partial charge < -0.3 is 15.4 Å². The first-order chi connectivity index (χ1) is 9.38. The number of nitrogens with two attached hydrogens (primary N) is 1. The van der Waals surface area contributed by atoms with Crippen LogP contribution in [0.4, 0.5) is 10.1 Å². The standard InChI is InChI=1S/C12H18FN3O3S/c1-16-4-5-19-9(8-16)7-15-20(17,18)10-2-3-12(14)11(13)6-10/h2-3,6,9,15H,4-5,7-8,14H2,1H3. The molecule has 1 atom stereocenters. The number of rotatable bonds is 4. The number of likely N-dealkylation sites (N-methyl/N-ethyl adjacent to an activating group) is 1. The van der Waals surface area contributed by atoms with E-state index in [1.165, 1.54) is 12.1 Å². The molecule has 112 valence electrons. The van der Waals surface area contributed by atoms with Gasteiger partial charge in [-0.2, -0.15) is 0 Å². The number of sulfonamides is 1. The number of halogens is 1. The van der Waals surface area contributed by atoms with Crippen molar-refractivity contribution in [3.8, 4) is 0 Å². The van der Waals surface area contributed by atoms with Gasteiger partial charge in [-0.3, -0.25) is 0 Å². The van der Waals surface area contributed by atoms with Crippen LogP contribution in [0.1, 0.15) is 0 Å². The summed E-state index contributed by atoms with van der Waals surface area (Å²) in [5.74, 6) is -0.749. The lowest BCUT2D eigenvalue weighted by Crippen LogP contribution is -2.45. The third-order valence-electron chi connectivity index (χ3n) is 3.13. The van der Waals surface area contributed by atoms with Crippen LogP contribution >= 0.6 is 0 Å². The minimum atomic E-state index is -3.76. The van der Waals surface area contributed by atoms with E-state index in [-0.39, 0.29) is 23.2 Å². The van der Waals surface area contributed by atoms with Gasteiger partial charge in [0.2, 0.25) is 10.0 Å². The highest BCUT2D eigenvalue weighted by molar-refractivity contribution is 7.89. The Labute approximate surface area is 117 Å². The van der Waals surface area contributed by atoms with E-state index in [2.05, 4.69) is 9.62 Å². The Bertz CT molecular complexity index is 579. The fourth-order valence-electron chi connectivity index (χ4n) is 1.95. The van der Waals surface area contributed by atoms with Crippen LogP contribution in [0.5, 0.6) is 0 Å². The number of hydrogen-bond acceptors (Lipinski definition) is 5. The lowest BCUT2D eigenvalue weighted by molar-refractivity contribution is -0.0156. The second kappa shape index (κ2) is 6.04. The molecule has 8 heteroatoms. The number of nitrogens with one attached hydrogen (secondary N) is 1. The van der Waals surface area contributed by atoms with Crippen molar-refractivity contribution in [1.82, 2.24) is 9.62 Å². The number of morpholine rings is 1. The van der Waals surface area contributed by atoms with E-state index in [4.69, 9.17) is 10.5 Å². The van der Waals surface area contributed by atoms with E-state index >= 15 is 0 Å². The van der Waals surface area contributed by atoms with Gasteiger partial charge in [0.25, 0.3) is 0 Å². The molecule has 20 heavy (non-hydrogen) atoms. The van der Waals surface area contributed by atoms with Crippen molar-refractivity contribution in [2.24, 2.45) is 0 Å². The lowest BCUT2D eigenvalue weighted by Gasteiger charge is -2.30. The predicted octanol–water partition coefficient (Wildman–Crippen LogP) is 0.0168. The number of hydrogen-bond donors (Lipinski definition) is 2. The van der Waals surface area contributed by atoms with Crippen LogP contribution in [0, 0.1) is 5.82 Å². The number of anilines is 1. The average molecular weight is 303 g/mol. The summed E-state index contributed by atoms with van der Waals surface area (Å²) in [5.41, 5.74) is 5.24. The zero-order valence-electron chi connectivity index (χ0n) is 11.2. The molecule has 0 bridgehead atoms. The molecule has 0 radical (unpaired) electrons. The molecule has 1 fully saturated rings. The van der Waals surface area contributed by atoms with Gasteiger partial charge in [-0.05, 0) is 25.2 Å². The number of nitrogen functional groups attached to an aromatic ring is 1. The van der Waals surface area contributed by atoms with Crippen molar-refractivity contribution in [2.75, 3.05) is 39.0 Å². The topological polar surface area (TPSA) is 84.7 Å². The molecule has 3 N–H and O–H groups in total. The molecule has 1 aliphatic rings. The van der Waals surface area contributed by atoms with Crippen molar-refractivity contribution >= 4 is 15.7 Å². The summed E-state index contributed by atoms with van der Waals surface area (Å²) in [4.78, 5) is 1.92. The maximum Gasteiger partial charge on any atom is 0.240 e. The van der Waals surface area contributed by atoms with Crippen molar-refractivity contribution in [2.45, 2.75) is 11.0 Å². The maximum atomic E-state index is 13.3. The first kappa shape index (κ1) is 15.2. The van der Waals surface area contributed by atoms with Gasteiger partial charge >= 0.3 is 0 Å². The summed E-state index contributed by atoms with van der Waals surface area (Å²) in [5, 5.41) is 0. The van der Waals surface area contributed by atoms with E-state index in [9.17, 15) is 12.8 Å². The van der Waals surface area contributed by atoms with E-state index in [0.717, 1.165) is 12.6 Å². The second-order valence-electron chi connectivity index (χ2n) is 4.79. The molecular formula is C12H18FN3O3S. The molecular weight excluding hydrogens is 285 g/mol. The third kappa shape index (κ3) is 3.66. The van der Waals surface area contributed by atoms with Crippen LogP contribution in [0.2, 0.25) is 0 Å². The second-order valence-corrected chi connectivity index (χ2v) is 6.56. The highest BCUT2D eigenvalue weighted by Crippen LogP contribution is 2.16. The normalized spacial score (nSPS) is 21.0. The van der Waals surface area contributed by atoms with Gasteiger partial charge in [-0.1, -0.05) is 0 Å². The van der Waals surface area contributed by atoms with Crippen molar-refractivity contribution in [3.05, 3.63) is 24.0 Å². The number of nitrogens with zero attached hydrogens (tertiary/aromatic N) is 1. The summed E-state index contributed by atoms with van der Waals surface area (Å²) in [6.45, 7) is 2.20. The molecule has 0 aromatic heterocycles. The van der Waals surface area contributed by atoms with Crippen LogP contribution in [0.15, 0.2) is 23.1 Å². The van der Waals surface area contributed by atoms with Crippen LogP contribution < -0.4 is 10.5 Å². The molecule has 0 amide bonds. The van der Waals surface area contributed by atoms with Gasteiger partial charge in [-0.25, -0.2) is 17.5 Å². The van der Waals surface area contributed by atoms with Gasteiger partial charge in [0.05, 0.1) is 23.3 Å². The van der Waals surface area contributed by atoms with Gasteiger partial charge in [0.1, 0.15) is 5.82 Å². The van der Waals surface area contributed by atoms with Crippen LogP contribution in [0.3, 0.4) is 0 Å².